The van der Waals surface area contributed by atoms with Gasteiger partial charge in [0.1, 0.15) is 0 Å². The first-order valence-corrected chi connectivity index (χ1v) is 5.38. The number of allylic oxidation sites excluding steroid dienone is 2. The molecule has 0 aliphatic rings. The first kappa shape index (κ1) is 15.4. The van der Waals surface area contributed by atoms with Gasteiger partial charge in [-0.1, -0.05) is 39.8 Å². The molecule has 17 heavy (non-hydrogen) atoms. The molecule has 0 aromatic rings. The molecule has 0 saturated heterocycles. The van der Waals surface area contributed by atoms with E-state index >= 15 is 0 Å². The van der Waals surface area contributed by atoms with Crippen LogP contribution in [0.2, 0.25) is 0 Å². The number of rotatable bonds is 6. The Kier molecular flexibility index (Phi) is 5.13. The summed E-state index contributed by atoms with van der Waals surface area (Å²) in [4.78, 5) is 20.9. The van der Waals surface area contributed by atoms with Crippen LogP contribution in [0.4, 0.5) is 0 Å². The maximum Gasteiger partial charge on any atom is 0.327 e. The Morgan fingerprint density at radius 1 is 0.882 bits per heavy atom. The van der Waals surface area contributed by atoms with Crippen LogP contribution in [0, 0.1) is 10.8 Å². The van der Waals surface area contributed by atoms with E-state index in [0.717, 1.165) is 12.2 Å². The molecule has 0 radical (unpaired) electrons. The maximum absolute atomic E-state index is 10.4. The van der Waals surface area contributed by atoms with Gasteiger partial charge in [0.2, 0.25) is 0 Å². The van der Waals surface area contributed by atoms with E-state index < -0.39 is 11.9 Å². The van der Waals surface area contributed by atoms with Gasteiger partial charge in [-0.15, -0.1) is 0 Å². The second-order valence-corrected chi connectivity index (χ2v) is 5.50. The third kappa shape index (κ3) is 8.25. The van der Waals surface area contributed by atoms with Gasteiger partial charge >= 0.3 is 11.9 Å². The van der Waals surface area contributed by atoms with Crippen molar-refractivity contribution in [2.75, 3.05) is 0 Å². The standard InChI is InChI=1S/C13H20O4/c1-12(2,7-5-10(14)15)9-13(3,4)8-6-11(16)17/h5-8H,9H2,1-4H3,(H,14,15)(H,16,17). The van der Waals surface area contributed by atoms with Crippen LogP contribution in [-0.2, 0) is 9.59 Å². The highest BCUT2D eigenvalue weighted by Crippen LogP contribution is 2.35. The van der Waals surface area contributed by atoms with E-state index in [1.165, 1.54) is 0 Å². The number of carbonyl (C=O) groups is 2. The highest BCUT2D eigenvalue weighted by molar-refractivity contribution is 5.80. The molecule has 96 valence electrons. The number of hydrogen-bond donors (Lipinski definition) is 2. The Morgan fingerprint density at radius 2 is 1.18 bits per heavy atom. The van der Waals surface area contributed by atoms with Gasteiger partial charge in [0, 0.05) is 12.2 Å². The summed E-state index contributed by atoms with van der Waals surface area (Å²) < 4.78 is 0. The van der Waals surface area contributed by atoms with Crippen LogP contribution >= 0.6 is 0 Å². The van der Waals surface area contributed by atoms with E-state index in [2.05, 4.69) is 0 Å². The van der Waals surface area contributed by atoms with E-state index in [9.17, 15) is 9.59 Å². The Balaban J connectivity index is 4.69. The van der Waals surface area contributed by atoms with Crippen molar-refractivity contribution in [2.45, 2.75) is 34.1 Å². The minimum atomic E-state index is -0.975. The lowest BCUT2D eigenvalue weighted by Gasteiger charge is -2.30. The molecule has 4 nitrogen and oxygen atoms in total. The van der Waals surface area contributed by atoms with Gasteiger partial charge in [0.15, 0.2) is 0 Å². The van der Waals surface area contributed by atoms with Gasteiger partial charge in [-0.3, -0.25) is 0 Å². The highest BCUT2D eigenvalue weighted by Gasteiger charge is 2.25. The largest absolute Gasteiger partial charge is 0.478 e. The zero-order valence-electron chi connectivity index (χ0n) is 10.7. The minimum absolute atomic E-state index is 0.301. The number of hydrogen-bond acceptors (Lipinski definition) is 2. The molecular weight excluding hydrogens is 220 g/mol. The molecule has 0 unspecified atom stereocenters. The SMILES string of the molecule is CC(C)(C=CC(=O)O)CC(C)(C)C=CC(=O)O. The first-order chi connectivity index (χ1) is 7.54. The minimum Gasteiger partial charge on any atom is -0.478 e. The molecule has 0 saturated carbocycles. The predicted molar refractivity (Wildman–Crippen MR) is 65.7 cm³/mol. The normalized spacial score (nSPS) is 13.4. The Hall–Kier alpha value is -1.58. The Labute approximate surface area is 102 Å². The summed E-state index contributed by atoms with van der Waals surface area (Å²) in [6, 6.07) is 0. The molecule has 0 aromatic carbocycles. The zero-order valence-corrected chi connectivity index (χ0v) is 10.7. The van der Waals surface area contributed by atoms with Crippen molar-refractivity contribution < 1.29 is 19.8 Å². The van der Waals surface area contributed by atoms with Crippen LogP contribution in [0.15, 0.2) is 24.3 Å². The van der Waals surface area contributed by atoms with E-state index in [0.29, 0.717) is 6.42 Å². The van der Waals surface area contributed by atoms with Crippen molar-refractivity contribution in [1.82, 2.24) is 0 Å². The van der Waals surface area contributed by atoms with Crippen molar-refractivity contribution in [2.24, 2.45) is 10.8 Å². The molecular formula is C13H20O4. The fraction of sp³-hybridized carbons (Fsp3) is 0.538. The van der Waals surface area contributed by atoms with E-state index in [-0.39, 0.29) is 10.8 Å². The number of carboxylic acids is 2. The number of carboxylic acid groups (broad SMARTS) is 2. The lowest BCUT2D eigenvalue weighted by molar-refractivity contribution is -0.132. The first-order valence-electron chi connectivity index (χ1n) is 5.38. The summed E-state index contributed by atoms with van der Waals surface area (Å²) >= 11 is 0. The van der Waals surface area contributed by atoms with Crippen molar-refractivity contribution in [3.05, 3.63) is 24.3 Å². The summed E-state index contributed by atoms with van der Waals surface area (Å²) in [6.07, 6.45) is 6.17. The van der Waals surface area contributed by atoms with Crippen molar-refractivity contribution in [3.63, 3.8) is 0 Å². The van der Waals surface area contributed by atoms with Crippen molar-refractivity contribution >= 4 is 11.9 Å². The van der Waals surface area contributed by atoms with Gasteiger partial charge in [0.25, 0.3) is 0 Å². The van der Waals surface area contributed by atoms with E-state index in [1.54, 1.807) is 12.2 Å². The van der Waals surface area contributed by atoms with Crippen LogP contribution in [-0.4, -0.2) is 22.2 Å². The van der Waals surface area contributed by atoms with Crippen LogP contribution in [0.3, 0.4) is 0 Å². The topological polar surface area (TPSA) is 74.6 Å². The lowest BCUT2D eigenvalue weighted by Crippen LogP contribution is -2.20. The van der Waals surface area contributed by atoms with Gasteiger partial charge in [0.05, 0.1) is 0 Å². The van der Waals surface area contributed by atoms with Crippen LogP contribution in [0.25, 0.3) is 0 Å². The molecule has 0 amide bonds. The molecule has 0 bridgehead atoms. The predicted octanol–water partition coefficient (Wildman–Crippen LogP) is 2.71. The molecule has 2 N–H and O–H groups in total. The summed E-state index contributed by atoms with van der Waals surface area (Å²) in [5.74, 6) is -1.95. The molecule has 0 rings (SSSR count). The summed E-state index contributed by atoms with van der Waals surface area (Å²) in [5, 5.41) is 17.1. The summed E-state index contributed by atoms with van der Waals surface area (Å²) in [5.41, 5.74) is -0.602. The fourth-order valence-electron chi connectivity index (χ4n) is 1.89. The van der Waals surface area contributed by atoms with Crippen molar-refractivity contribution in [3.8, 4) is 0 Å². The smallest absolute Gasteiger partial charge is 0.327 e. The second kappa shape index (κ2) is 5.66. The van der Waals surface area contributed by atoms with Crippen LogP contribution in [0.1, 0.15) is 34.1 Å². The van der Waals surface area contributed by atoms with Gasteiger partial charge < -0.3 is 10.2 Å². The van der Waals surface area contributed by atoms with E-state index in [4.69, 9.17) is 10.2 Å². The Morgan fingerprint density at radius 3 is 1.41 bits per heavy atom. The number of aliphatic carboxylic acids is 2. The van der Waals surface area contributed by atoms with Crippen LogP contribution < -0.4 is 0 Å². The molecule has 0 aliphatic heterocycles. The fourth-order valence-corrected chi connectivity index (χ4v) is 1.89. The second-order valence-electron chi connectivity index (χ2n) is 5.50. The van der Waals surface area contributed by atoms with Gasteiger partial charge in [-0.05, 0) is 17.3 Å². The summed E-state index contributed by atoms with van der Waals surface area (Å²) in [6.45, 7) is 7.68. The molecule has 0 atom stereocenters. The third-order valence-corrected chi connectivity index (χ3v) is 2.27. The molecule has 0 aliphatic carbocycles. The summed E-state index contributed by atoms with van der Waals surface area (Å²) in [7, 11) is 0. The monoisotopic (exact) mass is 240 g/mol. The van der Waals surface area contributed by atoms with Gasteiger partial charge in [-0.25, -0.2) is 9.59 Å². The van der Waals surface area contributed by atoms with Crippen molar-refractivity contribution in [1.29, 1.82) is 0 Å². The Bertz CT molecular complexity index is 314. The average molecular weight is 240 g/mol. The molecule has 0 spiro atoms. The van der Waals surface area contributed by atoms with Crippen LogP contribution in [0.5, 0.6) is 0 Å². The average Bonchev–Trinajstić information content (AvgIpc) is 2.10. The molecule has 0 heterocycles. The van der Waals surface area contributed by atoms with E-state index in [1.807, 2.05) is 27.7 Å². The quantitative estimate of drug-likeness (QED) is 0.700. The molecule has 4 heteroatoms. The molecule has 0 aromatic heterocycles. The molecule has 0 fully saturated rings. The zero-order chi connectivity index (χ0) is 13.7. The van der Waals surface area contributed by atoms with Gasteiger partial charge in [-0.2, -0.15) is 0 Å². The third-order valence-electron chi connectivity index (χ3n) is 2.27. The lowest BCUT2D eigenvalue weighted by atomic mass is 9.75. The highest BCUT2D eigenvalue weighted by atomic mass is 16.4. The maximum atomic E-state index is 10.4.